The fourth-order valence-electron chi connectivity index (χ4n) is 2.15. The zero-order chi connectivity index (χ0) is 13.9. The predicted octanol–water partition coefficient (Wildman–Crippen LogP) is 0.346. The van der Waals surface area contributed by atoms with E-state index in [9.17, 15) is 13.2 Å². The molecule has 1 aliphatic rings. The van der Waals surface area contributed by atoms with Crippen molar-refractivity contribution in [1.82, 2.24) is 15.3 Å². The van der Waals surface area contributed by atoms with Gasteiger partial charge in [-0.15, -0.1) is 0 Å². The third kappa shape index (κ3) is 3.50. The minimum atomic E-state index is -2.99. The number of rotatable bonds is 4. The average Bonchev–Trinajstić information content (AvgIpc) is 2.69. The van der Waals surface area contributed by atoms with E-state index in [1.54, 1.807) is 0 Å². The maximum absolute atomic E-state index is 12.1. The SMILES string of the molecule is CCCc1ncncc1C(=O)N[C@@H]1CCS(=O)(=O)C1. The molecule has 1 atom stereocenters. The summed E-state index contributed by atoms with van der Waals surface area (Å²) in [6.45, 7) is 2.01. The number of aromatic nitrogens is 2. The maximum Gasteiger partial charge on any atom is 0.254 e. The monoisotopic (exact) mass is 283 g/mol. The van der Waals surface area contributed by atoms with Crippen LogP contribution in [0.3, 0.4) is 0 Å². The van der Waals surface area contributed by atoms with Gasteiger partial charge in [-0.05, 0) is 12.8 Å². The largest absolute Gasteiger partial charge is 0.348 e. The van der Waals surface area contributed by atoms with Crippen LogP contribution in [0.2, 0.25) is 0 Å². The van der Waals surface area contributed by atoms with Gasteiger partial charge >= 0.3 is 0 Å². The average molecular weight is 283 g/mol. The van der Waals surface area contributed by atoms with E-state index in [0.717, 1.165) is 6.42 Å². The second-order valence-corrected chi connectivity index (χ2v) is 6.94. The molecular weight excluding hydrogens is 266 g/mol. The molecule has 2 heterocycles. The van der Waals surface area contributed by atoms with Crippen molar-refractivity contribution < 1.29 is 13.2 Å². The van der Waals surface area contributed by atoms with Crippen molar-refractivity contribution in [2.24, 2.45) is 0 Å². The van der Waals surface area contributed by atoms with Crippen molar-refractivity contribution in [2.75, 3.05) is 11.5 Å². The van der Waals surface area contributed by atoms with Gasteiger partial charge in [-0.2, -0.15) is 0 Å². The van der Waals surface area contributed by atoms with Crippen LogP contribution in [0.4, 0.5) is 0 Å². The molecule has 1 amide bonds. The van der Waals surface area contributed by atoms with Gasteiger partial charge in [0.1, 0.15) is 6.33 Å². The standard InChI is InChI=1S/C12H17N3O3S/c1-2-3-11-10(6-13-8-14-11)12(16)15-9-4-5-19(17,18)7-9/h6,8-9H,2-5,7H2,1H3,(H,15,16)/t9-/m1/s1. The highest BCUT2D eigenvalue weighted by Gasteiger charge is 2.29. The Hall–Kier alpha value is -1.50. The molecule has 1 aliphatic heterocycles. The molecule has 19 heavy (non-hydrogen) atoms. The van der Waals surface area contributed by atoms with Gasteiger partial charge in [0.15, 0.2) is 9.84 Å². The lowest BCUT2D eigenvalue weighted by molar-refractivity contribution is 0.0939. The van der Waals surface area contributed by atoms with Crippen LogP contribution < -0.4 is 5.32 Å². The van der Waals surface area contributed by atoms with E-state index in [-0.39, 0.29) is 23.5 Å². The van der Waals surface area contributed by atoms with E-state index in [2.05, 4.69) is 15.3 Å². The van der Waals surface area contributed by atoms with Gasteiger partial charge in [-0.3, -0.25) is 4.79 Å². The first-order chi connectivity index (χ1) is 9.02. The molecule has 104 valence electrons. The summed E-state index contributed by atoms with van der Waals surface area (Å²) in [7, 11) is -2.99. The zero-order valence-electron chi connectivity index (χ0n) is 10.8. The Bertz CT molecular complexity index is 571. The van der Waals surface area contributed by atoms with Gasteiger partial charge in [0.2, 0.25) is 0 Å². The lowest BCUT2D eigenvalue weighted by Gasteiger charge is -2.12. The fourth-order valence-corrected chi connectivity index (χ4v) is 3.83. The van der Waals surface area contributed by atoms with Crippen LogP contribution in [0, 0.1) is 0 Å². The summed E-state index contributed by atoms with van der Waals surface area (Å²) in [6, 6.07) is -0.299. The summed E-state index contributed by atoms with van der Waals surface area (Å²) in [5, 5.41) is 2.75. The van der Waals surface area contributed by atoms with Crippen LogP contribution in [0.15, 0.2) is 12.5 Å². The molecule has 0 aromatic carbocycles. The normalized spacial score (nSPS) is 21.2. The number of nitrogens with one attached hydrogen (secondary N) is 1. The third-order valence-electron chi connectivity index (χ3n) is 3.09. The molecule has 0 bridgehead atoms. The van der Waals surface area contributed by atoms with Gasteiger partial charge in [-0.25, -0.2) is 18.4 Å². The van der Waals surface area contributed by atoms with E-state index >= 15 is 0 Å². The first kappa shape index (κ1) is 13.9. The highest BCUT2D eigenvalue weighted by Crippen LogP contribution is 2.13. The van der Waals surface area contributed by atoms with Crippen LogP contribution in [0.5, 0.6) is 0 Å². The second-order valence-electron chi connectivity index (χ2n) is 4.71. The summed E-state index contributed by atoms with van der Waals surface area (Å²) in [6.07, 6.45) is 4.97. The van der Waals surface area contributed by atoms with Crippen LogP contribution >= 0.6 is 0 Å². The Kier molecular flexibility index (Phi) is 4.14. The second kappa shape index (κ2) is 5.64. The van der Waals surface area contributed by atoms with Crippen LogP contribution in [0.25, 0.3) is 0 Å². The summed E-state index contributed by atoms with van der Waals surface area (Å²) >= 11 is 0. The number of hydrogen-bond donors (Lipinski definition) is 1. The number of sulfone groups is 1. The molecule has 1 aromatic heterocycles. The Balaban J connectivity index is 2.08. The summed E-state index contributed by atoms with van der Waals surface area (Å²) in [4.78, 5) is 20.1. The highest BCUT2D eigenvalue weighted by molar-refractivity contribution is 7.91. The van der Waals surface area contributed by atoms with Crippen LogP contribution in [-0.4, -0.2) is 41.8 Å². The molecule has 1 aromatic rings. The molecule has 6 nitrogen and oxygen atoms in total. The molecule has 0 saturated carbocycles. The Morgan fingerprint density at radius 2 is 2.32 bits per heavy atom. The summed E-state index contributed by atoms with van der Waals surface area (Å²) in [5.74, 6) is -0.119. The fraction of sp³-hybridized carbons (Fsp3) is 0.583. The third-order valence-corrected chi connectivity index (χ3v) is 4.86. The van der Waals surface area contributed by atoms with Crippen molar-refractivity contribution in [2.45, 2.75) is 32.2 Å². The smallest absolute Gasteiger partial charge is 0.254 e. The van der Waals surface area contributed by atoms with Crippen molar-refractivity contribution >= 4 is 15.7 Å². The first-order valence-electron chi connectivity index (χ1n) is 6.32. The van der Waals surface area contributed by atoms with Gasteiger partial charge in [0.05, 0.1) is 22.8 Å². The molecule has 0 radical (unpaired) electrons. The lowest BCUT2D eigenvalue weighted by Crippen LogP contribution is -2.36. The Labute approximate surface area is 112 Å². The molecule has 0 aliphatic carbocycles. The minimum absolute atomic E-state index is 0.0234. The molecule has 1 N–H and O–H groups in total. The molecular formula is C12H17N3O3S. The highest BCUT2D eigenvalue weighted by atomic mass is 32.2. The van der Waals surface area contributed by atoms with Crippen molar-refractivity contribution in [1.29, 1.82) is 0 Å². The van der Waals surface area contributed by atoms with Gasteiger partial charge in [-0.1, -0.05) is 13.3 Å². The van der Waals surface area contributed by atoms with Crippen LogP contribution in [-0.2, 0) is 16.3 Å². The van der Waals surface area contributed by atoms with Crippen LogP contribution in [0.1, 0.15) is 35.8 Å². The maximum atomic E-state index is 12.1. The number of carbonyl (C=O) groups excluding carboxylic acids is 1. The van der Waals surface area contributed by atoms with Gasteiger partial charge in [0, 0.05) is 12.2 Å². The molecule has 0 spiro atoms. The molecule has 1 fully saturated rings. The number of amides is 1. The van der Waals surface area contributed by atoms with Crippen molar-refractivity contribution in [3.63, 3.8) is 0 Å². The number of aryl methyl sites for hydroxylation is 1. The Morgan fingerprint density at radius 3 is 2.95 bits per heavy atom. The predicted molar refractivity (Wildman–Crippen MR) is 70.6 cm³/mol. The Morgan fingerprint density at radius 1 is 1.53 bits per heavy atom. The van der Waals surface area contributed by atoms with Gasteiger partial charge < -0.3 is 5.32 Å². The minimum Gasteiger partial charge on any atom is -0.348 e. The number of hydrogen-bond acceptors (Lipinski definition) is 5. The van der Waals surface area contributed by atoms with E-state index < -0.39 is 9.84 Å². The lowest BCUT2D eigenvalue weighted by atomic mass is 10.1. The first-order valence-corrected chi connectivity index (χ1v) is 8.14. The van der Waals surface area contributed by atoms with Gasteiger partial charge in [0.25, 0.3) is 5.91 Å². The quantitative estimate of drug-likeness (QED) is 0.861. The molecule has 0 unspecified atom stereocenters. The molecule has 7 heteroatoms. The van der Waals surface area contributed by atoms with Crippen molar-refractivity contribution in [3.05, 3.63) is 23.8 Å². The zero-order valence-corrected chi connectivity index (χ0v) is 11.6. The van der Waals surface area contributed by atoms with Crippen molar-refractivity contribution in [3.8, 4) is 0 Å². The van der Waals surface area contributed by atoms with E-state index in [4.69, 9.17) is 0 Å². The number of nitrogens with zero attached hydrogens (tertiary/aromatic N) is 2. The van der Waals surface area contributed by atoms with E-state index in [1.165, 1.54) is 12.5 Å². The topological polar surface area (TPSA) is 89.0 Å². The summed E-state index contributed by atoms with van der Waals surface area (Å²) in [5.41, 5.74) is 1.14. The number of carbonyl (C=O) groups is 1. The van der Waals surface area contributed by atoms with E-state index in [0.29, 0.717) is 24.1 Å². The molecule has 2 rings (SSSR count). The molecule has 1 saturated heterocycles. The summed E-state index contributed by atoms with van der Waals surface area (Å²) < 4.78 is 22.7. The van der Waals surface area contributed by atoms with E-state index in [1.807, 2.05) is 6.92 Å².